The molecule has 56 heavy (non-hydrogen) atoms. The van der Waals surface area contributed by atoms with Crippen molar-refractivity contribution in [3.05, 3.63) is 202 Å². The lowest BCUT2D eigenvalue weighted by Gasteiger charge is -2.42. The van der Waals surface area contributed by atoms with E-state index in [4.69, 9.17) is 0 Å². The van der Waals surface area contributed by atoms with Gasteiger partial charge in [-0.2, -0.15) is 0 Å². The van der Waals surface area contributed by atoms with Crippen LogP contribution in [-0.4, -0.2) is 0 Å². The van der Waals surface area contributed by atoms with Gasteiger partial charge in [-0.1, -0.05) is 173 Å². The van der Waals surface area contributed by atoms with Gasteiger partial charge in [-0.3, -0.25) is 16.0 Å². The summed E-state index contributed by atoms with van der Waals surface area (Å²) >= 11 is 0. The molecule has 3 N–H and O–H groups in total. The summed E-state index contributed by atoms with van der Waals surface area (Å²) in [6.07, 6.45) is 9.50. The minimum Gasteiger partial charge on any atom is -0.279 e. The molecule has 1 aliphatic heterocycles. The molecule has 3 nitrogen and oxygen atoms in total. The second kappa shape index (κ2) is 12.5. The van der Waals surface area contributed by atoms with E-state index in [-0.39, 0.29) is 29.3 Å². The van der Waals surface area contributed by atoms with Gasteiger partial charge in [-0.05, 0) is 107 Å². The third-order valence-electron chi connectivity index (χ3n) is 13.5. The van der Waals surface area contributed by atoms with Gasteiger partial charge in [0.25, 0.3) is 0 Å². The summed E-state index contributed by atoms with van der Waals surface area (Å²) in [7, 11) is 0. The minimum atomic E-state index is -0.168. The van der Waals surface area contributed by atoms with E-state index in [9.17, 15) is 0 Å². The predicted molar refractivity (Wildman–Crippen MR) is 233 cm³/mol. The zero-order chi connectivity index (χ0) is 37.8. The molecule has 3 atom stereocenters. The molecular formula is C53H47N3. The molecule has 7 aromatic rings. The Morgan fingerprint density at radius 2 is 0.929 bits per heavy atom. The lowest BCUT2D eigenvalue weighted by atomic mass is 9.80. The fraction of sp³-hybridized carbons (Fsp3) is 0.208. The standard InChI is InChI=1S/C53H47N3/c1-52(2)41-24-14-12-22-39(41)45-43(52)30-35-18-8-10-20-37(35)47(45)50-54-49(34-28-26-33(27-29-34)32-16-6-5-7-17-32)55-51(56-50)48-38-21-11-9-19-36(38)31-44-46(48)40-23-13-15-25-42(40)53(44,3)4/h5-16,18-32,49-51,54-56H,17H2,1-4H3. The van der Waals surface area contributed by atoms with E-state index in [2.05, 4.69) is 201 Å². The molecule has 3 heteroatoms. The first kappa shape index (κ1) is 33.7. The number of hydrogen-bond acceptors (Lipinski definition) is 3. The highest BCUT2D eigenvalue weighted by Gasteiger charge is 2.43. The smallest absolute Gasteiger partial charge is 0.0876 e. The average molecular weight is 726 g/mol. The molecule has 11 rings (SSSR count). The molecule has 0 aromatic heterocycles. The van der Waals surface area contributed by atoms with E-state index in [1.54, 1.807) is 0 Å². The van der Waals surface area contributed by atoms with Crippen LogP contribution in [0, 0.1) is 0 Å². The molecular weight excluding hydrogens is 679 g/mol. The lowest BCUT2D eigenvalue weighted by Crippen LogP contribution is -2.54. The Bertz CT molecular complexity index is 2630. The van der Waals surface area contributed by atoms with Crippen molar-refractivity contribution in [1.82, 2.24) is 16.0 Å². The van der Waals surface area contributed by atoms with E-state index < -0.39 is 0 Å². The van der Waals surface area contributed by atoms with Crippen LogP contribution in [0.15, 0.2) is 158 Å². The second-order valence-electron chi connectivity index (χ2n) is 17.3. The van der Waals surface area contributed by atoms with Crippen LogP contribution in [-0.2, 0) is 10.8 Å². The van der Waals surface area contributed by atoms with Crippen molar-refractivity contribution < 1.29 is 0 Å². The highest BCUT2D eigenvalue weighted by Crippen LogP contribution is 2.55. The van der Waals surface area contributed by atoms with Crippen molar-refractivity contribution in [2.45, 2.75) is 69.4 Å². The molecule has 0 bridgehead atoms. The van der Waals surface area contributed by atoms with E-state index in [0.29, 0.717) is 5.92 Å². The Morgan fingerprint density at radius 3 is 1.45 bits per heavy atom. The van der Waals surface area contributed by atoms with Gasteiger partial charge in [0.2, 0.25) is 0 Å². The average Bonchev–Trinajstić information content (AvgIpc) is 3.61. The SMILES string of the molecule is CC1(C)c2ccccc2-c2c1cc1ccccc1c2C1NC(c2ccc(C3C=CC=CC3)cc2)NC(c2c3c(cc4ccccc24)C(C)(C)c2ccccc2-3)N1. The molecule has 4 aliphatic rings. The van der Waals surface area contributed by atoms with Gasteiger partial charge >= 0.3 is 0 Å². The van der Waals surface area contributed by atoms with Crippen LogP contribution >= 0.6 is 0 Å². The van der Waals surface area contributed by atoms with Gasteiger partial charge in [-0.25, -0.2) is 0 Å². The van der Waals surface area contributed by atoms with Crippen LogP contribution in [0.1, 0.15) is 103 Å². The summed E-state index contributed by atoms with van der Waals surface area (Å²) in [6, 6.07) is 50.4. The Kier molecular flexibility index (Phi) is 7.51. The fourth-order valence-electron chi connectivity index (χ4n) is 10.6. The summed E-state index contributed by atoms with van der Waals surface area (Å²) in [4.78, 5) is 0. The van der Waals surface area contributed by atoms with Gasteiger partial charge in [-0.15, -0.1) is 0 Å². The van der Waals surface area contributed by atoms with Gasteiger partial charge in [0, 0.05) is 16.7 Å². The summed E-state index contributed by atoms with van der Waals surface area (Å²) < 4.78 is 0. The molecule has 1 heterocycles. The first-order valence-electron chi connectivity index (χ1n) is 20.3. The first-order chi connectivity index (χ1) is 27.3. The molecule has 3 aliphatic carbocycles. The maximum absolute atomic E-state index is 4.27. The van der Waals surface area contributed by atoms with Crippen LogP contribution in [0.25, 0.3) is 43.8 Å². The van der Waals surface area contributed by atoms with Crippen molar-refractivity contribution in [2.75, 3.05) is 0 Å². The second-order valence-corrected chi connectivity index (χ2v) is 17.3. The number of hydrogen-bond donors (Lipinski definition) is 3. The van der Waals surface area contributed by atoms with Crippen molar-refractivity contribution in [2.24, 2.45) is 0 Å². The van der Waals surface area contributed by atoms with E-state index in [1.807, 2.05) is 0 Å². The zero-order valence-corrected chi connectivity index (χ0v) is 32.5. The van der Waals surface area contributed by atoms with Crippen molar-refractivity contribution in [3.63, 3.8) is 0 Å². The number of benzene rings is 7. The maximum Gasteiger partial charge on any atom is 0.0876 e. The normalized spacial score (nSPS) is 22.5. The predicted octanol–water partition coefficient (Wildman–Crippen LogP) is 12.4. The molecule has 1 saturated heterocycles. The van der Waals surface area contributed by atoms with Crippen LogP contribution in [0.4, 0.5) is 0 Å². The largest absolute Gasteiger partial charge is 0.279 e. The van der Waals surface area contributed by atoms with Crippen molar-refractivity contribution in [3.8, 4) is 22.3 Å². The van der Waals surface area contributed by atoms with E-state index in [1.165, 1.54) is 88.3 Å². The Balaban J connectivity index is 1.14. The molecule has 1 fully saturated rings. The van der Waals surface area contributed by atoms with Gasteiger partial charge in [0.15, 0.2) is 0 Å². The van der Waals surface area contributed by atoms with Gasteiger partial charge in [0.1, 0.15) is 0 Å². The van der Waals surface area contributed by atoms with E-state index >= 15 is 0 Å². The Labute approximate surface area is 330 Å². The zero-order valence-electron chi connectivity index (χ0n) is 32.5. The first-order valence-corrected chi connectivity index (χ1v) is 20.3. The summed E-state index contributed by atoms with van der Waals surface area (Å²) in [5, 5.41) is 17.7. The number of rotatable bonds is 4. The molecule has 0 spiro atoms. The van der Waals surface area contributed by atoms with Crippen LogP contribution in [0.3, 0.4) is 0 Å². The molecule has 0 amide bonds. The number of fused-ring (bicyclic) bond motifs is 8. The summed E-state index contributed by atoms with van der Waals surface area (Å²) in [5.74, 6) is 0.409. The highest BCUT2D eigenvalue weighted by atomic mass is 15.4. The van der Waals surface area contributed by atoms with Crippen molar-refractivity contribution in [1.29, 1.82) is 0 Å². The van der Waals surface area contributed by atoms with E-state index in [0.717, 1.165) is 6.42 Å². The maximum atomic E-state index is 4.27. The third kappa shape index (κ3) is 4.94. The molecule has 274 valence electrons. The number of nitrogens with one attached hydrogen (secondary N) is 3. The van der Waals surface area contributed by atoms with Crippen molar-refractivity contribution >= 4 is 21.5 Å². The topological polar surface area (TPSA) is 36.1 Å². The number of allylic oxidation sites excluding steroid dienone is 4. The molecule has 3 unspecified atom stereocenters. The van der Waals surface area contributed by atoms with Gasteiger partial charge in [0.05, 0.1) is 18.5 Å². The van der Waals surface area contributed by atoms with Crippen LogP contribution in [0.5, 0.6) is 0 Å². The Morgan fingerprint density at radius 1 is 0.464 bits per heavy atom. The molecule has 0 radical (unpaired) electrons. The minimum absolute atomic E-state index is 0.124. The van der Waals surface area contributed by atoms with Crippen LogP contribution in [0.2, 0.25) is 0 Å². The Hall–Kier alpha value is -5.58. The highest BCUT2D eigenvalue weighted by molar-refractivity contribution is 5.99. The summed E-state index contributed by atoms with van der Waals surface area (Å²) in [5.41, 5.74) is 15.9. The monoisotopic (exact) mass is 725 g/mol. The van der Waals surface area contributed by atoms with Gasteiger partial charge < -0.3 is 0 Å². The third-order valence-corrected chi connectivity index (χ3v) is 13.5. The summed E-state index contributed by atoms with van der Waals surface area (Å²) in [6.45, 7) is 9.57. The molecule has 7 aromatic carbocycles. The quantitative estimate of drug-likeness (QED) is 0.169. The fourth-order valence-corrected chi connectivity index (χ4v) is 10.6. The lowest BCUT2D eigenvalue weighted by molar-refractivity contribution is 0.206. The van der Waals surface area contributed by atoms with Crippen LogP contribution < -0.4 is 16.0 Å². The molecule has 0 saturated carbocycles.